The van der Waals surface area contributed by atoms with Crippen molar-refractivity contribution in [3.05, 3.63) is 18.2 Å². The highest BCUT2D eigenvalue weighted by Gasteiger charge is 2.13. The molecule has 0 spiro atoms. The summed E-state index contributed by atoms with van der Waals surface area (Å²) in [6.45, 7) is 5.80. The first-order chi connectivity index (χ1) is 13.3. The maximum absolute atomic E-state index is 5.98. The monoisotopic (exact) mass is 503 g/mol. The van der Waals surface area contributed by atoms with Crippen LogP contribution in [-0.4, -0.2) is 45.0 Å². The van der Waals surface area contributed by atoms with Gasteiger partial charge in [-0.1, -0.05) is 19.3 Å². The van der Waals surface area contributed by atoms with Crippen molar-refractivity contribution in [2.24, 2.45) is 4.99 Å². The molecule has 1 aromatic rings. The van der Waals surface area contributed by atoms with E-state index in [1.165, 1.54) is 32.1 Å². The fourth-order valence-corrected chi connectivity index (χ4v) is 3.42. The van der Waals surface area contributed by atoms with Gasteiger partial charge < -0.3 is 24.8 Å². The Labute approximate surface area is 185 Å². The molecule has 1 fully saturated rings. The number of nitrogens with zero attached hydrogens (tertiary/aromatic N) is 1. The predicted molar refractivity (Wildman–Crippen MR) is 125 cm³/mol. The Kier molecular flexibility index (Phi) is 10.8. The minimum atomic E-state index is 0. The van der Waals surface area contributed by atoms with Crippen molar-refractivity contribution in [3.63, 3.8) is 0 Å². The number of aliphatic imine (C=N–C) groups is 1. The fraction of sp³-hybridized carbons (Fsp3) is 0.667. The molecule has 0 aromatic heterocycles. The molecule has 1 aliphatic heterocycles. The molecular formula is C21H34IN3O3. The highest BCUT2D eigenvalue weighted by molar-refractivity contribution is 14.0. The molecule has 0 bridgehead atoms. The first-order valence-corrected chi connectivity index (χ1v) is 10.4. The number of benzene rings is 1. The molecule has 6 nitrogen and oxygen atoms in total. The van der Waals surface area contributed by atoms with E-state index in [4.69, 9.17) is 14.2 Å². The summed E-state index contributed by atoms with van der Waals surface area (Å²) in [6.07, 6.45) is 8.74. The van der Waals surface area contributed by atoms with E-state index in [-0.39, 0.29) is 24.0 Å². The second kappa shape index (κ2) is 13.1. The van der Waals surface area contributed by atoms with Gasteiger partial charge in [-0.25, -0.2) is 0 Å². The van der Waals surface area contributed by atoms with Crippen LogP contribution in [-0.2, 0) is 4.74 Å². The highest BCUT2D eigenvalue weighted by atomic mass is 127. The Balaban J connectivity index is 0.00000280. The first kappa shape index (κ1) is 23.1. The number of nitrogens with one attached hydrogen (secondary N) is 2. The van der Waals surface area contributed by atoms with Gasteiger partial charge in [0.15, 0.2) is 17.5 Å². The summed E-state index contributed by atoms with van der Waals surface area (Å²) in [6, 6.07) is 5.91. The third kappa shape index (κ3) is 7.66. The zero-order valence-electron chi connectivity index (χ0n) is 16.9. The largest absolute Gasteiger partial charge is 0.490 e. The normalized spacial score (nSPS) is 17.4. The zero-order valence-corrected chi connectivity index (χ0v) is 19.2. The van der Waals surface area contributed by atoms with Gasteiger partial charge in [0.25, 0.3) is 0 Å². The maximum atomic E-state index is 5.98. The Bertz CT molecular complexity index is 607. The van der Waals surface area contributed by atoms with Crippen LogP contribution in [0.4, 0.5) is 5.69 Å². The third-order valence-electron chi connectivity index (χ3n) is 4.83. The van der Waals surface area contributed by atoms with E-state index in [0.717, 1.165) is 55.7 Å². The van der Waals surface area contributed by atoms with Crippen molar-refractivity contribution in [3.8, 4) is 11.5 Å². The zero-order chi connectivity index (χ0) is 18.7. The van der Waals surface area contributed by atoms with Crippen LogP contribution in [0.25, 0.3) is 0 Å². The number of guanidine groups is 1. The minimum Gasteiger partial charge on any atom is -0.490 e. The van der Waals surface area contributed by atoms with Gasteiger partial charge in [-0.05, 0) is 38.3 Å². The van der Waals surface area contributed by atoms with Crippen LogP contribution >= 0.6 is 24.0 Å². The standard InChI is InChI=1S/C21H33N3O3.HI/c1-2-22-21(23-12-6-13-25-18-8-4-3-5-9-18)24-17-10-11-19-20(16-17)27-15-7-14-26-19;/h10-11,16,18H,2-9,12-15H2,1H3,(H2,22,23,24);1H. The number of rotatable bonds is 7. The smallest absolute Gasteiger partial charge is 0.195 e. The molecule has 0 radical (unpaired) electrons. The molecule has 0 amide bonds. The van der Waals surface area contributed by atoms with Crippen molar-refractivity contribution < 1.29 is 14.2 Å². The van der Waals surface area contributed by atoms with Crippen molar-refractivity contribution in [1.29, 1.82) is 0 Å². The topological polar surface area (TPSA) is 64.1 Å². The number of hydrogen-bond acceptors (Lipinski definition) is 4. The number of hydrogen-bond donors (Lipinski definition) is 2. The van der Waals surface area contributed by atoms with Gasteiger partial charge in [0, 0.05) is 37.9 Å². The quantitative estimate of drug-likeness (QED) is 0.247. The lowest BCUT2D eigenvalue weighted by molar-refractivity contribution is 0.0281. The van der Waals surface area contributed by atoms with E-state index in [9.17, 15) is 0 Å². The molecule has 0 saturated heterocycles. The summed E-state index contributed by atoms with van der Waals surface area (Å²) < 4.78 is 17.4. The molecule has 1 aromatic carbocycles. The average molecular weight is 503 g/mol. The molecule has 7 heteroatoms. The molecule has 3 rings (SSSR count). The second-order valence-corrected chi connectivity index (χ2v) is 7.08. The van der Waals surface area contributed by atoms with Gasteiger partial charge in [0.05, 0.1) is 19.3 Å². The average Bonchev–Trinajstić information content (AvgIpc) is 2.93. The minimum absolute atomic E-state index is 0. The summed E-state index contributed by atoms with van der Waals surface area (Å²) in [5, 5.41) is 6.64. The van der Waals surface area contributed by atoms with Crippen LogP contribution < -0.4 is 20.1 Å². The fourth-order valence-electron chi connectivity index (χ4n) is 3.42. The van der Waals surface area contributed by atoms with Crippen molar-refractivity contribution in [2.45, 2.75) is 58.0 Å². The van der Waals surface area contributed by atoms with E-state index in [1.54, 1.807) is 0 Å². The number of ether oxygens (including phenoxy) is 3. The summed E-state index contributed by atoms with van der Waals surface area (Å²) >= 11 is 0. The maximum Gasteiger partial charge on any atom is 0.195 e. The van der Waals surface area contributed by atoms with Gasteiger partial charge in [-0.3, -0.25) is 4.99 Å². The summed E-state index contributed by atoms with van der Waals surface area (Å²) in [4.78, 5) is 4.66. The van der Waals surface area contributed by atoms with E-state index in [2.05, 4.69) is 22.5 Å². The SMILES string of the molecule is CCNC(=NCCCOC1CCCCC1)Nc1ccc2c(c1)OCCCO2.I. The van der Waals surface area contributed by atoms with E-state index >= 15 is 0 Å². The van der Waals surface area contributed by atoms with Gasteiger partial charge in [-0.15, -0.1) is 24.0 Å². The Morgan fingerprint density at radius 2 is 1.89 bits per heavy atom. The van der Waals surface area contributed by atoms with Gasteiger partial charge in [-0.2, -0.15) is 0 Å². The lowest BCUT2D eigenvalue weighted by Crippen LogP contribution is -2.30. The Hall–Kier alpha value is -1.22. The van der Waals surface area contributed by atoms with Crippen LogP contribution in [0, 0.1) is 0 Å². The van der Waals surface area contributed by atoms with Gasteiger partial charge >= 0.3 is 0 Å². The predicted octanol–water partition coefficient (Wildman–Crippen LogP) is 4.58. The van der Waals surface area contributed by atoms with Crippen LogP contribution in [0.15, 0.2) is 23.2 Å². The summed E-state index contributed by atoms with van der Waals surface area (Å²) in [5.41, 5.74) is 0.942. The molecule has 1 heterocycles. The molecule has 1 aliphatic carbocycles. The lowest BCUT2D eigenvalue weighted by Gasteiger charge is -2.21. The van der Waals surface area contributed by atoms with Gasteiger partial charge in [0.1, 0.15) is 0 Å². The van der Waals surface area contributed by atoms with Crippen LogP contribution in [0.2, 0.25) is 0 Å². The molecule has 2 N–H and O–H groups in total. The van der Waals surface area contributed by atoms with Crippen molar-refractivity contribution in [2.75, 3.05) is 38.2 Å². The third-order valence-corrected chi connectivity index (χ3v) is 4.83. The van der Waals surface area contributed by atoms with Crippen LogP contribution in [0.5, 0.6) is 11.5 Å². The van der Waals surface area contributed by atoms with E-state index in [1.807, 2.05) is 18.2 Å². The molecule has 1 saturated carbocycles. The highest BCUT2D eigenvalue weighted by Crippen LogP contribution is 2.32. The van der Waals surface area contributed by atoms with Crippen LogP contribution in [0.3, 0.4) is 0 Å². The van der Waals surface area contributed by atoms with Crippen molar-refractivity contribution >= 4 is 35.6 Å². The molecule has 28 heavy (non-hydrogen) atoms. The van der Waals surface area contributed by atoms with Crippen molar-refractivity contribution in [1.82, 2.24) is 5.32 Å². The molecule has 0 unspecified atom stereocenters. The summed E-state index contributed by atoms with van der Waals surface area (Å²) in [7, 11) is 0. The first-order valence-electron chi connectivity index (χ1n) is 10.4. The molecule has 2 aliphatic rings. The number of anilines is 1. The van der Waals surface area contributed by atoms with Gasteiger partial charge in [0.2, 0.25) is 0 Å². The molecule has 158 valence electrons. The number of halogens is 1. The second-order valence-electron chi connectivity index (χ2n) is 7.08. The van der Waals surface area contributed by atoms with E-state index < -0.39 is 0 Å². The summed E-state index contributed by atoms with van der Waals surface area (Å²) in [5.74, 6) is 2.37. The van der Waals surface area contributed by atoms with E-state index in [0.29, 0.717) is 19.3 Å². The molecule has 0 atom stereocenters. The Morgan fingerprint density at radius 3 is 2.68 bits per heavy atom. The van der Waals surface area contributed by atoms with Crippen LogP contribution in [0.1, 0.15) is 51.9 Å². The lowest BCUT2D eigenvalue weighted by atomic mass is 9.98. The molecular weight excluding hydrogens is 469 g/mol. The number of fused-ring (bicyclic) bond motifs is 1. The Morgan fingerprint density at radius 1 is 1.11 bits per heavy atom.